The second kappa shape index (κ2) is 19.6. The first kappa shape index (κ1) is 38.2. The molecule has 0 heterocycles. The number of unbranched alkanes of at least 4 members (excludes halogenated alkanes) is 12. The molecule has 0 spiro atoms. The third kappa shape index (κ3) is 10.5. The quantitative estimate of drug-likeness (QED) is 0.0848. The third-order valence-electron chi connectivity index (χ3n) is 14.3. The standard InChI is InChI=1S/C45H80O/c1-7-8-9-10-11-12-13-14-15-16-17-18-19-20-21-22-34-46-39-30-32-44(5)38(35-39)26-27-40-42-29-28-41(37(4)25-23-24-36(2)3)45(42,6)33-31-43(40)44/h14-15,26,36-37,39-43H,7-13,16-25,27-35H2,1-6H3/b15-14+/t37-,39+,40+,41-,42+,43+,44+,45-/m1/s1. The molecule has 0 saturated heterocycles. The highest BCUT2D eigenvalue weighted by Crippen LogP contribution is 2.67. The van der Waals surface area contributed by atoms with Crippen molar-refractivity contribution in [2.45, 2.75) is 208 Å². The fourth-order valence-corrected chi connectivity index (χ4v) is 11.4. The summed E-state index contributed by atoms with van der Waals surface area (Å²) < 4.78 is 6.55. The lowest BCUT2D eigenvalue weighted by Crippen LogP contribution is -2.51. The van der Waals surface area contributed by atoms with E-state index < -0.39 is 0 Å². The minimum Gasteiger partial charge on any atom is -0.378 e. The van der Waals surface area contributed by atoms with E-state index in [9.17, 15) is 0 Å². The molecule has 4 aliphatic carbocycles. The molecule has 0 aromatic carbocycles. The van der Waals surface area contributed by atoms with Crippen LogP contribution in [0.2, 0.25) is 0 Å². The van der Waals surface area contributed by atoms with Crippen molar-refractivity contribution in [2.75, 3.05) is 6.61 Å². The van der Waals surface area contributed by atoms with E-state index in [1.54, 1.807) is 5.57 Å². The van der Waals surface area contributed by atoms with Gasteiger partial charge in [-0.15, -0.1) is 0 Å². The molecular formula is C45H80O. The van der Waals surface area contributed by atoms with E-state index in [1.807, 2.05) is 0 Å². The van der Waals surface area contributed by atoms with E-state index in [1.165, 1.54) is 161 Å². The predicted octanol–water partition coefficient (Wildman–Crippen LogP) is 14.5. The number of fused-ring (bicyclic) bond motifs is 5. The Morgan fingerprint density at radius 2 is 1.41 bits per heavy atom. The van der Waals surface area contributed by atoms with Gasteiger partial charge in [-0.2, -0.15) is 0 Å². The van der Waals surface area contributed by atoms with Gasteiger partial charge in [0.2, 0.25) is 0 Å². The Balaban J connectivity index is 1.09. The molecule has 0 N–H and O–H groups in total. The SMILES string of the molecule is CCCCCCCC/C=C/CCCCCCCCO[C@H]1CC[C@@]2(C)C(=CC[C@H]3[C@@H]4CC[C@H]([C@H](C)CCCC(C)C)[C@@]4(C)CC[C@@H]32)C1. The van der Waals surface area contributed by atoms with Crippen molar-refractivity contribution in [3.8, 4) is 0 Å². The summed E-state index contributed by atoms with van der Waals surface area (Å²) in [4.78, 5) is 0. The molecule has 8 atom stereocenters. The first-order valence-corrected chi connectivity index (χ1v) is 21.3. The summed E-state index contributed by atoms with van der Waals surface area (Å²) in [6.45, 7) is 16.1. The van der Waals surface area contributed by atoms with Gasteiger partial charge in [0.1, 0.15) is 0 Å². The van der Waals surface area contributed by atoms with Gasteiger partial charge in [-0.25, -0.2) is 0 Å². The average molecular weight is 637 g/mol. The van der Waals surface area contributed by atoms with E-state index >= 15 is 0 Å². The Hall–Kier alpha value is -0.560. The van der Waals surface area contributed by atoms with Crippen LogP contribution < -0.4 is 0 Å². The molecule has 0 bridgehead atoms. The summed E-state index contributed by atoms with van der Waals surface area (Å²) in [6.07, 6.45) is 42.9. The summed E-state index contributed by atoms with van der Waals surface area (Å²) in [5, 5.41) is 0. The summed E-state index contributed by atoms with van der Waals surface area (Å²) in [7, 11) is 0. The maximum absolute atomic E-state index is 6.55. The fraction of sp³-hybridized carbons (Fsp3) is 0.911. The van der Waals surface area contributed by atoms with Gasteiger partial charge in [0.05, 0.1) is 6.10 Å². The Kier molecular flexibility index (Phi) is 16.3. The first-order valence-electron chi connectivity index (χ1n) is 21.3. The van der Waals surface area contributed by atoms with Crippen LogP contribution in [0.25, 0.3) is 0 Å². The van der Waals surface area contributed by atoms with Crippen LogP contribution in [-0.2, 0) is 4.74 Å². The lowest BCUT2D eigenvalue weighted by atomic mass is 9.47. The van der Waals surface area contributed by atoms with Gasteiger partial charge >= 0.3 is 0 Å². The smallest absolute Gasteiger partial charge is 0.0612 e. The van der Waals surface area contributed by atoms with Gasteiger partial charge < -0.3 is 4.74 Å². The first-order chi connectivity index (χ1) is 22.3. The van der Waals surface area contributed by atoms with E-state index in [2.05, 4.69) is 59.8 Å². The third-order valence-corrected chi connectivity index (χ3v) is 14.3. The Labute approximate surface area is 289 Å². The molecule has 0 aromatic heterocycles. The van der Waals surface area contributed by atoms with Crippen LogP contribution in [0.15, 0.2) is 23.8 Å². The number of rotatable bonds is 22. The van der Waals surface area contributed by atoms with Gasteiger partial charge in [0, 0.05) is 6.61 Å². The Morgan fingerprint density at radius 3 is 2.11 bits per heavy atom. The van der Waals surface area contributed by atoms with Crippen molar-refractivity contribution in [2.24, 2.45) is 46.3 Å². The van der Waals surface area contributed by atoms with Crippen LogP contribution in [0, 0.1) is 46.3 Å². The van der Waals surface area contributed by atoms with Crippen molar-refractivity contribution in [3.05, 3.63) is 23.8 Å². The Bertz CT molecular complexity index is 899. The molecule has 3 saturated carbocycles. The second-order valence-corrected chi connectivity index (χ2v) is 18.0. The van der Waals surface area contributed by atoms with E-state index in [4.69, 9.17) is 4.74 Å². The maximum atomic E-state index is 6.55. The largest absolute Gasteiger partial charge is 0.378 e. The van der Waals surface area contributed by atoms with E-state index in [0.717, 1.165) is 42.1 Å². The molecule has 266 valence electrons. The van der Waals surface area contributed by atoms with E-state index in [-0.39, 0.29) is 0 Å². The van der Waals surface area contributed by atoms with Crippen LogP contribution in [0.4, 0.5) is 0 Å². The maximum Gasteiger partial charge on any atom is 0.0612 e. The minimum atomic E-state index is 0.453. The minimum absolute atomic E-state index is 0.453. The molecule has 0 radical (unpaired) electrons. The zero-order valence-electron chi connectivity index (χ0n) is 32.1. The van der Waals surface area contributed by atoms with Gasteiger partial charge in [-0.1, -0.05) is 142 Å². The van der Waals surface area contributed by atoms with Gasteiger partial charge in [-0.3, -0.25) is 0 Å². The number of allylic oxidation sites excluding steroid dienone is 3. The molecule has 4 aliphatic rings. The van der Waals surface area contributed by atoms with E-state index in [0.29, 0.717) is 16.9 Å². The molecule has 0 unspecified atom stereocenters. The molecule has 4 rings (SSSR count). The highest BCUT2D eigenvalue weighted by molar-refractivity contribution is 5.25. The van der Waals surface area contributed by atoms with Gasteiger partial charge in [-0.05, 0) is 130 Å². The zero-order chi connectivity index (χ0) is 32.8. The monoisotopic (exact) mass is 637 g/mol. The van der Waals surface area contributed by atoms with Crippen LogP contribution in [0.3, 0.4) is 0 Å². The van der Waals surface area contributed by atoms with Gasteiger partial charge in [0.25, 0.3) is 0 Å². The fourth-order valence-electron chi connectivity index (χ4n) is 11.4. The number of hydrogen-bond acceptors (Lipinski definition) is 1. The molecule has 0 amide bonds. The highest BCUT2D eigenvalue weighted by atomic mass is 16.5. The van der Waals surface area contributed by atoms with Crippen LogP contribution in [0.5, 0.6) is 0 Å². The van der Waals surface area contributed by atoms with Crippen molar-refractivity contribution in [1.82, 2.24) is 0 Å². The van der Waals surface area contributed by atoms with Crippen LogP contribution >= 0.6 is 0 Å². The number of hydrogen-bond donors (Lipinski definition) is 0. The summed E-state index contributed by atoms with van der Waals surface area (Å²) in [5.41, 5.74) is 2.85. The summed E-state index contributed by atoms with van der Waals surface area (Å²) >= 11 is 0. The highest BCUT2D eigenvalue weighted by Gasteiger charge is 2.59. The van der Waals surface area contributed by atoms with Crippen molar-refractivity contribution in [3.63, 3.8) is 0 Å². The molecule has 3 fully saturated rings. The molecule has 1 nitrogen and oxygen atoms in total. The van der Waals surface area contributed by atoms with Crippen molar-refractivity contribution >= 4 is 0 Å². The molecule has 46 heavy (non-hydrogen) atoms. The Morgan fingerprint density at radius 1 is 0.739 bits per heavy atom. The predicted molar refractivity (Wildman–Crippen MR) is 202 cm³/mol. The van der Waals surface area contributed by atoms with Crippen LogP contribution in [-0.4, -0.2) is 12.7 Å². The van der Waals surface area contributed by atoms with Crippen molar-refractivity contribution in [1.29, 1.82) is 0 Å². The van der Waals surface area contributed by atoms with Crippen molar-refractivity contribution < 1.29 is 4.74 Å². The number of ether oxygens (including phenoxy) is 1. The van der Waals surface area contributed by atoms with Crippen LogP contribution in [0.1, 0.15) is 202 Å². The second-order valence-electron chi connectivity index (χ2n) is 18.0. The average Bonchev–Trinajstić information content (AvgIpc) is 3.39. The molecule has 0 aliphatic heterocycles. The summed E-state index contributed by atoms with van der Waals surface area (Å²) in [6, 6.07) is 0. The summed E-state index contributed by atoms with van der Waals surface area (Å²) in [5.74, 6) is 5.58. The molecular weight excluding hydrogens is 556 g/mol. The molecule has 1 heteroatoms. The normalized spacial score (nSPS) is 33.2. The zero-order valence-corrected chi connectivity index (χ0v) is 32.1. The lowest BCUT2D eigenvalue weighted by Gasteiger charge is -2.58. The molecule has 0 aromatic rings. The topological polar surface area (TPSA) is 9.23 Å². The van der Waals surface area contributed by atoms with Gasteiger partial charge in [0.15, 0.2) is 0 Å². The lowest BCUT2D eigenvalue weighted by molar-refractivity contribution is -0.0641.